The molecule has 4 nitrogen and oxygen atoms in total. The molecule has 2 rings (SSSR count). The van der Waals surface area contributed by atoms with E-state index in [2.05, 4.69) is 57.9 Å². The molecule has 1 heterocycles. The Balaban J connectivity index is 2.04. The first-order valence-corrected chi connectivity index (χ1v) is 7.27. The molecule has 21 heavy (non-hydrogen) atoms. The van der Waals surface area contributed by atoms with Crippen molar-refractivity contribution in [2.24, 2.45) is 4.99 Å². The smallest absolute Gasteiger partial charge is 0.192 e. The van der Waals surface area contributed by atoms with E-state index in [0.29, 0.717) is 6.54 Å². The van der Waals surface area contributed by atoms with E-state index in [0.717, 1.165) is 25.5 Å². The van der Waals surface area contributed by atoms with Gasteiger partial charge in [-0.25, -0.2) is 0 Å². The van der Waals surface area contributed by atoms with Crippen LogP contribution in [0.15, 0.2) is 29.4 Å². The third kappa shape index (κ3) is 3.79. The van der Waals surface area contributed by atoms with Gasteiger partial charge in [0.2, 0.25) is 0 Å². The van der Waals surface area contributed by atoms with Gasteiger partial charge in [0.1, 0.15) is 0 Å². The number of aromatic nitrogens is 1. The Bertz CT molecular complexity index is 661. The molecule has 4 heteroatoms. The molecule has 0 aliphatic carbocycles. The predicted octanol–water partition coefficient (Wildman–Crippen LogP) is 2.21. The Kier molecular flexibility index (Phi) is 5.28. The molecule has 0 saturated carbocycles. The van der Waals surface area contributed by atoms with E-state index in [4.69, 9.17) is 6.42 Å². The molecule has 0 amide bonds. The largest absolute Gasteiger partial charge is 0.361 e. The number of para-hydroxylation sites is 1. The molecule has 1 aromatic carbocycles. The number of aliphatic imine (C=N–C) groups is 1. The van der Waals surface area contributed by atoms with Gasteiger partial charge < -0.3 is 15.6 Å². The molecule has 0 fully saturated rings. The van der Waals surface area contributed by atoms with E-state index < -0.39 is 0 Å². The molecule has 0 unspecified atom stereocenters. The molecule has 0 saturated heterocycles. The lowest BCUT2D eigenvalue weighted by Gasteiger charge is -2.08. The summed E-state index contributed by atoms with van der Waals surface area (Å²) in [5.41, 5.74) is 3.78. The quantitative estimate of drug-likeness (QED) is 0.447. The highest BCUT2D eigenvalue weighted by Gasteiger charge is 2.04. The lowest BCUT2D eigenvalue weighted by Crippen LogP contribution is -2.37. The third-order valence-corrected chi connectivity index (χ3v) is 3.36. The first-order chi connectivity index (χ1) is 10.3. The highest BCUT2D eigenvalue weighted by Crippen LogP contribution is 2.21. The summed E-state index contributed by atoms with van der Waals surface area (Å²) in [5.74, 6) is 3.32. The van der Waals surface area contributed by atoms with Gasteiger partial charge in [-0.05, 0) is 31.4 Å². The monoisotopic (exact) mass is 282 g/mol. The van der Waals surface area contributed by atoms with Crippen molar-refractivity contribution in [3.05, 3.63) is 35.5 Å². The summed E-state index contributed by atoms with van der Waals surface area (Å²) >= 11 is 0. The number of rotatable bonds is 5. The first-order valence-electron chi connectivity index (χ1n) is 7.27. The maximum Gasteiger partial charge on any atom is 0.192 e. The van der Waals surface area contributed by atoms with Crippen molar-refractivity contribution < 1.29 is 0 Å². The lowest BCUT2D eigenvalue weighted by molar-refractivity contribution is 0.857. The second-order valence-corrected chi connectivity index (χ2v) is 4.88. The van der Waals surface area contributed by atoms with Gasteiger partial charge in [-0.1, -0.05) is 24.1 Å². The average molecular weight is 282 g/mol. The maximum absolute atomic E-state index is 5.26. The van der Waals surface area contributed by atoms with Crippen LogP contribution in [0.25, 0.3) is 10.9 Å². The number of hydrogen-bond acceptors (Lipinski definition) is 1. The minimum Gasteiger partial charge on any atom is -0.361 e. The number of hydrogen-bond donors (Lipinski definition) is 3. The molecule has 0 spiro atoms. The molecule has 110 valence electrons. The van der Waals surface area contributed by atoms with Crippen LogP contribution in [0.4, 0.5) is 0 Å². The van der Waals surface area contributed by atoms with Crippen LogP contribution in [-0.4, -0.2) is 30.6 Å². The topological polar surface area (TPSA) is 52.2 Å². The summed E-state index contributed by atoms with van der Waals surface area (Å²) in [6, 6.07) is 6.37. The van der Waals surface area contributed by atoms with Crippen molar-refractivity contribution in [1.29, 1.82) is 0 Å². The molecule has 0 atom stereocenters. The van der Waals surface area contributed by atoms with Crippen LogP contribution in [0.5, 0.6) is 0 Å². The maximum atomic E-state index is 5.26. The lowest BCUT2D eigenvalue weighted by atomic mass is 10.1. The fourth-order valence-electron chi connectivity index (χ4n) is 2.34. The Morgan fingerprint density at radius 1 is 1.38 bits per heavy atom. The first kappa shape index (κ1) is 15.0. The molecule has 3 N–H and O–H groups in total. The fraction of sp³-hybridized carbons (Fsp3) is 0.353. The van der Waals surface area contributed by atoms with Gasteiger partial charge in [-0.2, -0.15) is 0 Å². The number of fused-ring (bicyclic) bond motifs is 1. The van der Waals surface area contributed by atoms with Crippen LogP contribution in [0.2, 0.25) is 0 Å². The highest BCUT2D eigenvalue weighted by atomic mass is 15.2. The zero-order valence-corrected chi connectivity index (χ0v) is 12.7. The predicted molar refractivity (Wildman–Crippen MR) is 89.6 cm³/mol. The van der Waals surface area contributed by atoms with Crippen molar-refractivity contribution in [2.45, 2.75) is 20.3 Å². The van der Waals surface area contributed by atoms with E-state index in [1.54, 1.807) is 0 Å². The molecular weight excluding hydrogens is 260 g/mol. The van der Waals surface area contributed by atoms with Crippen LogP contribution in [0.1, 0.15) is 18.1 Å². The summed E-state index contributed by atoms with van der Waals surface area (Å²) in [4.78, 5) is 7.89. The molecule has 0 bridgehead atoms. The van der Waals surface area contributed by atoms with Crippen LogP contribution in [0, 0.1) is 19.3 Å². The molecule has 0 radical (unpaired) electrons. The van der Waals surface area contributed by atoms with Gasteiger partial charge in [-0.15, -0.1) is 6.42 Å². The Morgan fingerprint density at radius 3 is 3.00 bits per heavy atom. The van der Waals surface area contributed by atoms with Gasteiger partial charge in [0.15, 0.2) is 5.96 Å². The minimum absolute atomic E-state index is 0.484. The van der Waals surface area contributed by atoms with Crippen molar-refractivity contribution in [2.75, 3.05) is 19.6 Å². The molecular formula is C17H22N4. The van der Waals surface area contributed by atoms with Gasteiger partial charge in [0.05, 0.1) is 6.54 Å². The number of nitrogens with one attached hydrogen (secondary N) is 3. The zero-order chi connectivity index (χ0) is 15.1. The summed E-state index contributed by atoms with van der Waals surface area (Å²) in [7, 11) is 0. The van der Waals surface area contributed by atoms with Gasteiger partial charge in [0, 0.05) is 30.2 Å². The fourth-order valence-corrected chi connectivity index (χ4v) is 2.34. The van der Waals surface area contributed by atoms with Crippen molar-refractivity contribution in [1.82, 2.24) is 15.6 Å². The number of benzene rings is 1. The standard InChI is InChI=1S/C17H22N4/c1-4-10-19-17(18-5-2)20-11-9-14-12-21-16-13(3)7-6-8-15(14)16/h1,6-8,12,21H,5,9-11H2,2-3H3,(H2,18,19,20). The number of terminal acetylenes is 1. The van der Waals surface area contributed by atoms with Crippen LogP contribution in [-0.2, 0) is 6.42 Å². The molecule has 0 aliphatic rings. The van der Waals surface area contributed by atoms with E-state index in [9.17, 15) is 0 Å². The molecule has 0 aliphatic heterocycles. The summed E-state index contributed by atoms with van der Waals surface area (Å²) < 4.78 is 0. The molecule has 1 aromatic heterocycles. The number of H-pyrrole nitrogens is 1. The van der Waals surface area contributed by atoms with Gasteiger partial charge >= 0.3 is 0 Å². The van der Waals surface area contributed by atoms with Gasteiger partial charge in [0.25, 0.3) is 0 Å². The number of nitrogens with zero attached hydrogens (tertiary/aromatic N) is 1. The van der Waals surface area contributed by atoms with Gasteiger partial charge in [-0.3, -0.25) is 4.99 Å². The number of aryl methyl sites for hydroxylation is 1. The van der Waals surface area contributed by atoms with Crippen LogP contribution < -0.4 is 10.6 Å². The summed E-state index contributed by atoms with van der Waals surface area (Å²) in [6.45, 7) is 6.19. The van der Waals surface area contributed by atoms with E-state index in [1.807, 2.05) is 6.92 Å². The minimum atomic E-state index is 0.484. The number of aromatic amines is 1. The van der Waals surface area contributed by atoms with Crippen LogP contribution >= 0.6 is 0 Å². The number of guanidine groups is 1. The Labute approximate surface area is 126 Å². The SMILES string of the molecule is C#CCNC(=NCCc1c[nH]c2c(C)cccc12)NCC. The second-order valence-electron chi connectivity index (χ2n) is 4.88. The third-order valence-electron chi connectivity index (χ3n) is 3.36. The normalized spacial score (nSPS) is 11.4. The Morgan fingerprint density at radius 2 is 2.24 bits per heavy atom. The van der Waals surface area contributed by atoms with E-state index >= 15 is 0 Å². The van der Waals surface area contributed by atoms with Crippen molar-refractivity contribution >= 4 is 16.9 Å². The summed E-state index contributed by atoms with van der Waals surface area (Å²) in [6.07, 6.45) is 8.23. The Hall–Kier alpha value is -2.41. The average Bonchev–Trinajstić information content (AvgIpc) is 2.89. The van der Waals surface area contributed by atoms with Crippen molar-refractivity contribution in [3.63, 3.8) is 0 Å². The van der Waals surface area contributed by atoms with E-state index in [1.165, 1.54) is 22.0 Å². The summed E-state index contributed by atoms with van der Waals surface area (Å²) in [5, 5.41) is 7.56. The van der Waals surface area contributed by atoms with E-state index in [-0.39, 0.29) is 0 Å². The van der Waals surface area contributed by atoms with Crippen molar-refractivity contribution in [3.8, 4) is 12.3 Å². The molecule has 2 aromatic rings. The zero-order valence-electron chi connectivity index (χ0n) is 12.7. The van der Waals surface area contributed by atoms with Crippen LogP contribution in [0.3, 0.4) is 0 Å². The second kappa shape index (κ2) is 7.39. The highest BCUT2D eigenvalue weighted by molar-refractivity contribution is 5.86.